The van der Waals surface area contributed by atoms with Crippen LogP contribution in [-0.4, -0.2) is 28.8 Å². The fraction of sp³-hybridized carbons (Fsp3) is 0.364. The van der Waals surface area contributed by atoms with E-state index in [-0.39, 0.29) is 16.4 Å². The van der Waals surface area contributed by atoms with Crippen LogP contribution < -0.4 is 0 Å². The third-order valence-electron chi connectivity index (χ3n) is 2.58. The highest BCUT2D eigenvalue weighted by atomic mass is 32.2. The fourth-order valence-corrected chi connectivity index (χ4v) is 2.32. The van der Waals surface area contributed by atoms with Crippen molar-refractivity contribution in [3.63, 3.8) is 0 Å². The average Bonchev–Trinajstić information content (AvgIpc) is 2.88. The van der Waals surface area contributed by atoms with E-state index in [0.717, 1.165) is 6.20 Å². The minimum atomic E-state index is -4.74. The molecule has 2 aromatic rings. The second-order valence-corrected chi connectivity index (χ2v) is 6.85. The molecule has 0 fully saturated rings. The third kappa shape index (κ3) is 3.04. The lowest BCUT2D eigenvalue weighted by atomic mass is 10.3. The summed E-state index contributed by atoms with van der Waals surface area (Å²) in [5.74, 6) is -1.79. The van der Waals surface area contributed by atoms with Gasteiger partial charge in [0.25, 0.3) is 0 Å². The van der Waals surface area contributed by atoms with Gasteiger partial charge in [0.15, 0.2) is 14.9 Å². The lowest BCUT2D eigenvalue weighted by Crippen LogP contribution is -2.15. The molecule has 21 heavy (non-hydrogen) atoms. The Balaban J connectivity index is 2.34. The van der Waals surface area contributed by atoms with Crippen molar-refractivity contribution >= 4 is 9.84 Å². The summed E-state index contributed by atoms with van der Waals surface area (Å²) in [6.45, 7) is 3.00. The van der Waals surface area contributed by atoms with Gasteiger partial charge in [-0.1, -0.05) is 5.16 Å². The van der Waals surface area contributed by atoms with Gasteiger partial charge in [0.2, 0.25) is 5.82 Å². The summed E-state index contributed by atoms with van der Waals surface area (Å²) in [6.07, 6.45) is -3.65. The zero-order valence-electron chi connectivity index (χ0n) is 10.9. The van der Waals surface area contributed by atoms with Gasteiger partial charge in [-0.2, -0.15) is 18.2 Å². The smallest absolute Gasteiger partial charge is 0.329 e. The van der Waals surface area contributed by atoms with Crippen LogP contribution in [0.2, 0.25) is 0 Å². The number of pyridine rings is 1. The van der Waals surface area contributed by atoms with Crippen molar-refractivity contribution < 1.29 is 26.1 Å². The normalized spacial score (nSPS) is 12.9. The van der Waals surface area contributed by atoms with Crippen LogP contribution in [0.4, 0.5) is 13.2 Å². The van der Waals surface area contributed by atoms with E-state index in [1.165, 1.54) is 26.0 Å². The third-order valence-corrected chi connectivity index (χ3v) is 4.64. The standard InChI is InChI=1S/C11H10F3N3O3S/c1-6(2)21(18,19)8-4-3-7(5-15-8)9-16-10(20-17-9)11(12,13)14/h3-6H,1-2H3. The molecule has 0 aliphatic heterocycles. The lowest BCUT2D eigenvalue weighted by Gasteiger charge is -2.06. The van der Waals surface area contributed by atoms with Gasteiger partial charge in [0.1, 0.15) is 0 Å². The van der Waals surface area contributed by atoms with Gasteiger partial charge in [-0.25, -0.2) is 13.4 Å². The summed E-state index contributed by atoms with van der Waals surface area (Å²) in [7, 11) is -3.55. The van der Waals surface area contributed by atoms with Gasteiger partial charge in [-0.15, -0.1) is 0 Å². The Kier molecular flexibility index (Phi) is 3.74. The summed E-state index contributed by atoms with van der Waals surface area (Å²) < 4.78 is 64.8. The first-order valence-corrected chi connectivity index (χ1v) is 7.28. The van der Waals surface area contributed by atoms with Crippen molar-refractivity contribution in [1.82, 2.24) is 15.1 Å². The second kappa shape index (κ2) is 5.10. The van der Waals surface area contributed by atoms with Crippen LogP contribution in [0.3, 0.4) is 0 Å². The maximum absolute atomic E-state index is 12.3. The van der Waals surface area contributed by atoms with Crippen LogP contribution in [0.15, 0.2) is 27.9 Å². The molecule has 2 heterocycles. The minimum absolute atomic E-state index is 0.122. The molecule has 2 aromatic heterocycles. The molecule has 0 amide bonds. The van der Waals surface area contributed by atoms with Gasteiger partial charge in [-0.05, 0) is 26.0 Å². The van der Waals surface area contributed by atoms with Crippen molar-refractivity contribution in [3.8, 4) is 11.4 Å². The molecule has 0 aliphatic rings. The van der Waals surface area contributed by atoms with Crippen molar-refractivity contribution in [3.05, 3.63) is 24.2 Å². The highest BCUT2D eigenvalue weighted by molar-refractivity contribution is 7.91. The molecule has 2 rings (SSSR count). The Labute approximate surface area is 117 Å². The average molecular weight is 321 g/mol. The largest absolute Gasteiger partial charge is 0.471 e. The number of hydrogen-bond acceptors (Lipinski definition) is 6. The molecule has 0 N–H and O–H groups in total. The van der Waals surface area contributed by atoms with Crippen LogP contribution in [0.5, 0.6) is 0 Å². The van der Waals surface area contributed by atoms with Gasteiger partial charge in [0.05, 0.1) is 5.25 Å². The molecular formula is C11H10F3N3O3S. The Hall–Kier alpha value is -1.97. The number of hydrogen-bond donors (Lipinski definition) is 0. The fourth-order valence-electron chi connectivity index (χ4n) is 1.38. The first-order chi connectivity index (χ1) is 9.62. The number of alkyl halides is 3. The van der Waals surface area contributed by atoms with E-state index >= 15 is 0 Å². The van der Waals surface area contributed by atoms with E-state index in [4.69, 9.17) is 0 Å². The number of halogens is 3. The lowest BCUT2D eigenvalue weighted by molar-refractivity contribution is -0.159. The SMILES string of the molecule is CC(C)S(=O)(=O)c1ccc(-c2noc(C(F)(F)F)n2)cn1. The molecule has 6 nitrogen and oxygen atoms in total. The van der Waals surface area contributed by atoms with E-state index in [2.05, 4.69) is 19.6 Å². The maximum Gasteiger partial charge on any atom is 0.471 e. The first-order valence-electron chi connectivity index (χ1n) is 5.73. The van der Waals surface area contributed by atoms with Crippen LogP contribution in [-0.2, 0) is 16.0 Å². The summed E-state index contributed by atoms with van der Waals surface area (Å²) in [5.41, 5.74) is 0.122. The summed E-state index contributed by atoms with van der Waals surface area (Å²) in [4.78, 5) is 6.92. The van der Waals surface area contributed by atoms with Gasteiger partial charge < -0.3 is 4.52 Å². The van der Waals surface area contributed by atoms with Crippen molar-refractivity contribution in [1.29, 1.82) is 0 Å². The van der Waals surface area contributed by atoms with Crippen LogP contribution >= 0.6 is 0 Å². The van der Waals surface area contributed by atoms with Crippen molar-refractivity contribution in [2.45, 2.75) is 30.3 Å². The minimum Gasteiger partial charge on any atom is -0.329 e. The van der Waals surface area contributed by atoms with E-state index in [1.807, 2.05) is 0 Å². The molecule has 0 saturated heterocycles. The molecule has 0 aromatic carbocycles. The van der Waals surface area contributed by atoms with E-state index in [0.29, 0.717) is 0 Å². The molecular weight excluding hydrogens is 311 g/mol. The molecule has 0 atom stereocenters. The van der Waals surface area contributed by atoms with E-state index in [9.17, 15) is 21.6 Å². The molecule has 114 valence electrons. The predicted molar refractivity (Wildman–Crippen MR) is 64.9 cm³/mol. The number of rotatable bonds is 3. The number of sulfone groups is 1. The molecule has 0 saturated carbocycles. The predicted octanol–water partition coefficient (Wildman–Crippen LogP) is 2.33. The monoisotopic (exact) mass is 321 g/mol. The quantitative estimate of drug-likeness (QED) is 0.862. The van der Waals surface area contributed by atoms with Crippen LogP contribution in [0.1, 0.15) is 19.7 Å². The molecule has 0 unspecified atom stereocenters. The van der Waals surface area contributed by atoms with E-state index < -0.39 is 27.2 Å². The van der Waals surface area contributed by atoms with Gasteiger partial charge in [0, 0.05) is 11.8 Å². The topological polar surface area (TPSA) is 86.0 Å². The first kappa shape index (κ1) is 15.4. The van der Waals surface area contributed by atoms with Gasteiger partial charge in [-0.3, -0.25) is 0 Å². The molecule has 0 bridgehead atoms. The van der Waals surface area contributed by atoms with Crippen LogP contribution in [0, 0.1) is 0 Å². The summed E-state index contributed by atoms with van der Waals surface area (Å²) in [5, 5.41) is 2.36. The Morgan fingerprint density at radius 1 is 1.24 bits per heavy atom. The van der Waals surface area contributed by atoms with Gasteiger partial charge >= 0.3 is 12.1 Å². The van der Waals surface area contributed by atoms with Crippen molar-refractivity contribution in [2.75, 3.05) is 0 Å². The zero-order chi connectivity index (χ0) is 15.8. The Bertz CT molecular complexity index is 736. The Morgan fingerprint density at radius 3 is 2.33 bits per heavy atom. The van der Waals surface area contributed by atoms with Crippen LogP contribution in [0.25, 0.3) is 11.4 Å². The molecule has 0 radical (unpaired) electrons. The molecule has 0 aliphatic carbocycles. The van der Waals surface area contributed by atoms with Crippen molar-refractivity contribution in [2.24, 2.45) is 0 Å². The Morgan fingerprint density at radius 2 is 1.90 bits per heavy atom. The summed E-state index contributed by atoms with van der Waals surface area (Å²) in [6, 6.07) is 2.46. The number of aromatic nitrogens is 3. The highest BCUT2D eigenvalue weighted by Gasteiger charge is 2.38. The maximum atomic E-state index is 12.3. The molecule has 0 spiro atoms. The van der Waals surface area contributed by atoms with E-state index in [1.54, 1.807) is 0 Å². The molecule has 10 heteroatoms. The summed E-state index contributed by atoms with van der Waals surface area (Å²) >= 11 is 0. The second-order valence-electron chi connectivity index (χ2n) is 4.40. The number of nitrogens with zero attached hydrogens (tertiary/aromatic N) is 3. The highest BCUT2D eigenvalue weighted by Crippen LogP contribution is 2.29. The zero-order valence-corrected chi connectivity index (χ0v) is 11.7.